The molecule has 31 heavy (non-hydrogen) atoms. The minimum absolute atomic E-state index is 0.173. The SMILES string of the molecule is O=C(NCCc1ccccc1)N1CCc2c([nH]c3ccccc23)C1c1ccccc1F. The molecule has 1 unspecified atom stereocenters. The molecule has 5 rings (SSSR count). The highest BCUT2D eigenvalue weighted by molar-refractivity contribution is 5.86. The van der Waals surface area contributed by atoms with Crippen molar-refractivity contribution in [2.75, 3.05) is 13.1 Å². The first-order valence-electron chi connectivity index (χ1n) is 10.6. The summed E-state index contributed by atoms with van der Waals surface area (Å²) in [6.07, 6.45) is 1.48. The van der Waals surface area contributed by atoms with E-state index in [4.69, 9.17) is 0 Å². The molecule has 0 saturated heterocycles. The fourth-order valence-corrected chi connectivity index (χ4v) is 4.54. The first-order valence-corrected chi connectivity index (χ1v) is 10.6. The summed E-state index contributed by atoms with van der Waals surface area (Å²) in [7, 11) is 0. The molecule has 0 spiro atoms. The molecule has 2 amide bonds. The number of benzene rings is 3. The highest BCUT2D eigenvalue weighted by atomic mass is 19.1. The maximum atomic E-state index is 14.9. The van der Waals surface area contributed by atoms with Gasteiger partial charge < -0.3 is 15.2 Å². The summed E-state index contributed by atoms with van der Waals surface area (Å²) in [5.74, 6) is -0.305. The Hall–Kier alpha value is -3.60. The van der Waals surface area contributed by atoms with Gasteiger partial charge in [-0.3, -0.25) is 0 Å². The second-order valence-electron chi connectivity index (χ2n) is 7.90. The van der Waals surface area contributed by atoms with Gasteiger partial charge in [-0.05, 0) is 36.1 Å². The zero-order valence-corrected chi connectivity index (χ0v) is 17.1. The van der Waals surface area contributed by atoms with Crippen molar-refractivity contribution in [3.05, 3.63) is 107 Å². The van der Waals surface area contributed by atoms with E-state index in [1.165, 1.54) is 11.6 Å². The second-order valence-corrected chi connectivity index (χ2v) is 7.90. The number of carbonyl (C=O) groups is 1. The third kappa shape index (κ3) is 3.67. The normalized spacial score (nSPS) is 15.6. The largest absolute Gasteiger partial charge is 0.356 e. The van der Waals surface area contributed by atoms with Crippen molar-refractivity contribution < 1.29 is 9.18 Å². The zero-order chi connectivity index (χ0) is 21.2. The number of hydrogen-bond acceptors (Lipinski definition) is 1. The predicted molar refractivity (Wildman–Crippen MR) is 120 cm³/mol. The summed E-state index contributed by atoms with van der Waals surface area (Å²) >= 11 is 0. The van der Waals surface area contributed by atoms with E-state index < -0.39 is 6.04 Å². The molecule has 0 radical (unpaired) electrons. The smallest absolute Gasteiger partial charge is 0.318 e. The minimum atomic E-state index is -0.492. The molecule has 4 nitrogen and oxygen atoms in total. The Balaban J connectivity index is 1.46. The molecule has 0 saturated carbocycles. The van der Waals surface area contributed by atoms with Crippen molar-refractivity contribution in [2.24, 2.45) is 0 Å². The van der Waals surface area contributed by atoms with Gasteiger partial charge in [-0.2, -0.15) is 0 Å². The maximum Gasteiger partial charge on any atom is 0.318 e. The van der Waals surface area contributed by atoms with Gasteiger partial charge in [0, 0.05) is 35.2 Å². The number of nitrogens with zero attached hydrogens (tertiary/aromatic N) is 1. The van der Waals surface area contributed by atoms with Crippen LogP contribution in [0.5, 0.6) is 0 Å². The molecule has 2 N–H and O–H groups in total. The monoisotopic (exact) mass is 413 g/mol. The Kier molecular flexibility index (Phi) is 5.16. The number of urea groups is 1. The van der Waals surface area contributed by atoms with E-state index in [0.717, 1.165) is 35.0 Å². The molecule has 1 aliphatic rings. The number of para-hydroxylation sites is 1. The van der Waals surface area contributed by atoms with Crippen LogP contribution in [0.15, 0.2) is 78.9 Å². The fraction of sp³-hybridized carbons (Fsp3) is 0.192. The quantitative estimate of drug-likeness (QED) is 0.474. The molecule has 1 atom stereocenters. The number of nitrogens with one attached hydrogen (secondary N) is 2. The molecule has 0 fully saturated rings. The average molecular weight is 413 g/mol. The lowest BCUT2D eigenvalue weighted by Gasteiger charge is -2.36. The van der Waals surface area contributed by atoms with Gasteiger partial charge in [0.2, 0.25) is 0 Å². The number of carbonyl (C=O) groups excluding carboxylic acids is 1. The van der Waals surface area contributed by atoms with E-state index in [2.05, 4.69) is 16.4 Å². The lowest BCUT2D eigenvalue weighted by molar-refractivity contribution is 0.178. The Labute approximate surface area is 180 Å². The Bertz CT molecular complexity index is 1220. The molecule has 0 aliphatic carbocycles. The highest BCUT2D eigenvalue weighted by Crippen LogP contribution is 2.39. The van der Waals surface area contributed by atoms with Crippen LogP contribution >= 0.6 is 0 Å². The second kappa shape index (κ2) is 8.26. The van der Waals surface area contributed by atoms with Crippen LogP contribution in [0.25, 0.3) is 10.9 Å². The fourth-order valence-electron chi connectivity index (χ4n) is 4.54. The first-order chi connectivity index (χ1) is 15.2. The molecule has 1 aromatic heterocycles. The number of fused-ring (bicyclic) bond motifs is 3. The molecule has 1 aliphatic heterocycles. The van der Waals surface area contributed by atoms with E-state index in [1.54, 1.807) is 17.0 Å². The topological polar surface area (TPSA) is 48.1 Å². The summed E-state index contributed by atoms with van der Waals surface area (Å²) < 4.78 is 14.9. The van der Waals surface area contributed by atoms with Gasteiger partial charge in [0.15, 0.2) is 0 Å². The number of hydrogen-bond donors (Lipinski definition) is 2. The number of halogens is 1. The van der Waals surface area contributed by atoms with E-state index in [9.17, 15) is 9.18 Å². The number of H-pyrrole nitrogens is 1. The van der Waals surface area contributed by atoms with Gasteiger partial charge in [0.05, 0.1) is 0 Å². The first kappa shape index (κ1) is 19.4. The van der Waals surface area contributed by atoms with Crippen LogP contribution in [0, 0.1) is 5.82 Å². The maximum absolute atomic E-state index is 14.9. The van der Waals surface area contributed by atoms with Crippen LogP contribution in [-0.2, 0) is 12.8 Å². The number of aromatic nitrogens is 1. The molecule has 3 aromatic carbocycles. The van der Waals surface area contributed by atoms with E-state index >= 15 is 0 Å². The Morgan fingerprint density at radius 3 is 2.58 bits per heavy atom. The van der Waals surface area contributed by atoms with Crippen molar-refractivity contribution in [1.82, 2.24) is 15.2 Å². The van der Waals surface area contributed by atoms with Crippen molar-refractivity contribution in [3.8, 4) is 0 Å². The van der Waals surface area contributed by atoms with Crippen molar-refractivity contribution in [1.29, 1.82) is 0 Å². The van der Waals surface area contributed by atoms with Gasteiger partial charge >= 0.3 is 6.03 Å². The van der Waals surface area contributed by atoms with Gasteiger partial charge in [-0.15, -0.1) is 0 Å². The summed E-state index contributed by atoms with van der Waals surface area (Å²) in [5, 5.41) is 4.18. The van der Waals surface area contributed by atoms with Crippen molar-refractivity contribution in [2.45, 2.75) is 18.9 Å². The van der Waals surface area contributed by atoms with Crippen LogP contribution in [0.2, 0.25) is 0 Å². The van der Waals surface area contributed by atoms with Crippen molar-refractivity contribution >= 4 is 16.9 Å². The molecular weight excluding hydrogens is 389 g/mol. The standard InChI is InChI=1S/C26H24FN3O/c27-22-12-6-4-11-21(22)25-24-20(19-10-5-7-13-23(19)29-24)15-17-30(25)26(31)28-16-14-18-8-2-1-3-9-18/h1-13,25,29H,14-17H2,(H,28,31). The summed E-state index contributed by atoms with van der Waals surface area (Å²) in [4.78, 5) is 18.4. The highest BCUT2D eigenvalue weighted by Gasteiger charge is 2.35. The number of amides is 2. The summed E-state index contributed by atoms with van der Waals surface area (Å²) in [6, 6.07) is 24.2. The van der Waals surface area contributed by atoms with Gasteiger partial charge in [-0.25, -0.2) is 9.18 Å². The molecule has 0 bridgehead atoms. The zero-order valence-electron chi connectivity index (χ0n) is 17.1. The van der Waals surface area contributed by atoms with E-state index in [-0.39, 0.29) is 11.8 Å². The van der Waals surface area contributed by atoms with Crippen LogP contribution < -0.4 is 5.32 Å². The Morgan fingerprint density at radius 2 is 1.74 bits per heavy atom. The van der Waals surface area contributed by atoms with Crippen molar-refractivity contribution in [3.63, 3.8) is 0 Å². The predicted octanol–water partition coefficient (Wildman–Crippen LogP) is 5.21. The lowest BCUT2D eigenvalue weighted by Crippen LogP contribution is -2.46. The number of rotatable bonds is 4. The molecule has 2 heterocycles. The van der Waals surface area contributed by atoms with Gasteiger partial charge in [0.25, 0.3) is 0 Å². The van der Waals surface area contributed by atoms with Gasteiger partial charge in [-0.1, -0.05) is 66.7 Å². The molecule has 4 aromatic rings. The van der Waals surface area contributed by atoms with Crippen LogP contribution in [0.1, 0.15) is 28.4 Å². The Morgan fingerprint density at radius 1 is 1.00 bits per heavy atom. The molecule has 156 valence electrons. The summed E-state index contributed by atoms with van der Waals surface area (Å²) in [6.45, 7) is 1.06. The third-order valence-corrected chi connectivity index (χ3v) is 6.03. The third-order valence-electron chi connectivity index (χ3n) is 6.03. The van der Waals surface area contributed by atoms with E-state index in [0.29, 0.717) is 18.7 Å². The van der Waals surface area contributed by atoms with Crippen LogP contribution in [-0.4, -0.2) is 29.0 Å². The van der Waals surface area contributed by atoms with Crippen LogP contribution in [0.4, 0.5) is 9.18 Å². The van der Waals surface area contributed by atoms with Gasteiger partial charge in [0.1, 0.15) is 11.9 Å². The minimum Gasteiger partial charge on any atom is -0.356 e. The molecular formula is C26H24FN3O. The number of aromatic amines is 1. The van der Waals surface area contributed by atoms with Crippen LogP contribution in [0.3, 0.4) is 0 Å². The van der Waals surface area contributed by atoms with E-state index in [1.807, 2.05) is 54.6 Å². The lowest BCUT2D eigenvalue weighted by atomic mass is 9.92. The molecule has 5 heteroatoms. The average Bonchev–Trinajstić information content (AvgIpc) is 3.18. The summed E-state index contributed by atoms with van der Waals surface area (Å²) in [5.41, 5.74) is 4.76.